The van der Waals surface area contributed by atoms with E-state index in [-0.39, 0.29) is 49.9 Å². The molecular weight excluding hydrogens is 489 g/mol. The predicted octanol–water partition coefficient (Wildman–Crippen LogP) is 7.09. The van der Waals surface area contributed by atoms with E-state index >= 15 is 0 Å². The summed E-state index contributed by atoms with van der Waals surface area (Å²) in [6.45, 7) is 2.91. The first-order valence-corrected chi connectivity index (χ1v) is 12.0. The van der Waals surface area contributed by atoms with E-state index in [1.54, 1.807) is 0 Å². The molecule has 0 saturated carbocycles. The molecule has 3 aromatic carbocycles. The van der Waals surface area contributed by atoms with Gasteiger partial charge in [0.25, 0.3) is 0 Å². The lowest BCUT2D eigenvalue weighted by Crippen LogP contribution is -2.07. The number of fused-ring (bicyclic) bond motifs is 1. The second kappa shape index (κ2) is 8.92. The molecule has 4 nitrogen and oxygen atoms in total. The average molecular weight is 507 g/mol. The van der Waals surface area contributed by atoms with E-state index in [0.717, 1.165) is 30.3 Å². The minimum Gasteiger partial charge on any atom is -0.457 e. The zero-order valence-electron chi connectivity index (χ0n) is 18.5. The molecular formula is C25H18F5NO3S. The normalized spacial score (nSPS) is 12.2. The van der Waals surface area contributed by atoms with Crippen LogP contribution in [0.4, 0.5) is 22.0 Å². The van der Waals surface area contributed by atoms with Gasteiger partial charge < -0.3 is 4.74 Å². The van der Waals surface area contributed by atoms with Crippen LogP contribution in [-0.4, -0.2) is 19.2 Å². The van der Waals surface area contributed by atoms with Crippen molar-refractivity contribution in [2.24, 2.45) is 0 Å². The molecule has 35 heavy (non-hydrogen) atoms. The summed E-state index contributed by atoms with van der Waals surface area (Å²) >= 11 is 0. The van der Waals surface area contributed by atoms with Crippen LogP contribution in [0.3, 0.4) is 0 Å². The van der Waals surface area contributed by atoms with Gasteiger partial charge in [0.2, 0.25) is 0 Å². The summed E-state index contributed by atoms with van der Waals surface area (Å²) in [4.78, 5) is 3.76. The number of hydrogen-bond donors (Lipinski definition) is 0. The molecule has 10 heteroatoms. The maximum absolute atomic E-state index is 14.9. The van der Waals surface area contributed by atoms with Crippen molar-refractivity contribution in [2.45, 2.75) is 24.9 Å². The third-order valence-electron chi connectivity index (χ3n) is 5.32. The Morgan fingerprint density at radius 3 is 2.34 bits per heavy atom. The minimum absolute atomic E-state index is 0.0291. The lowest BCUT2D eigenvalue weighted by molar-refractivity contribution is -0.136. The van der Waals surface area contributed by atoms with Crippen LogP contribution in [0.25, 0.3) is 22.0 Å². The minimum atomic E-state index is -4.66. The number of pyridine rings is 1. The predicted molar refractivity (Wildman–Crippen MR) is 121 cm³/mol. The number of aromatic nitrogens is 1. The largest absolute Gasteiger partial charge is 0.457 e. The third kappa shape index (κ3) is 4.97. The molecule has 0 aliphatic rings. The standard InChI is InChI=1S/C25H18F5NO3S/c1-3-35(32,33)18-11-15(26)10-17(12-18)34-16-7-8-23(27)21(13-16)20-9-14(2)31-24-19(20)5-4-6-22(24)25(28,29)30/h4-13H,3H2,1-2H3. The molecule has 4 aromatic rings. The Morgan fingerprint density at radius 1 is 0.914 bits per heavy atom. The number of para-hydroxylation sites is 1. The van der Waals surface area contributed by atoms with Crippen molar-refractivity contribution in [1.82, 2.24) is 4.98 Å². The fourth-order valence-corrected chi connectivity index (χ4v) is 4.60. The number of alkyl halides is 3. The maximum Gasteiger partial charge on any atom is 0.418 e. The van der Waals surface area contributed by atoms with Crippen LogP contribution in [-0.2, 0) is 16.0 Å². The SMILES string of the molecule is CCS(=O)(=O)c1cc(F)cc(Oc2ccc(F)c(-c3cc(C)nc4c(C(F)(F)F)cccc34)c2)c1. The van der Waals surface area contributed by atoms with Crippen molar-refractivity contribution >= 4 is 20.7 Å². The second-order valence-corrected chi connectivity index (χ2v) is 10.1. The van der Waals surface area contributed by atoms with Crippen molar-refractivity contribution in [2.75, 3.05) is 5.75 Å². The first-order valence-electron chi connectivity index (χ1n) is 10.4. The summed E-state index contributed by atoms with van der Waals surface area (Å²) in [5.41, 5.74) is -0.919. The number of benzene rings is 3. The van der Waals surface area contributed by atoms with Crippen molar-refractivity contribution in [3.63, 3.8) is 0 Å². The monoisotopic (exact) mass is 507 g/mol. The molecule has 0 atom stereocenters. The fourth-order valence-electron chi connectivity index (χ4n) is 3.68. The van der Waals surface area contributed by atoms with Crippen LogP contribution in [0.15, 0.2) is 65.6 Å². The van der Waals surface area contributed by atoms with E-state index in [4.69, 9.17) is 4.74 Å². The van der Waals surface area contributed by atoms with E-state index in [0.29, 0.717) is 0 Å². The fraction of sp³-hybridized carbons (Fsp3) is 0.160. The average Bonchev–Trinajstić information content (AvgIpc) is 2.78. The van der Waals surface area contributed by atoms with E-state index in [1.165, 1.54) is 44.2 Å². The van der Waals surface area contributed by atoms with Crippen molar-refractivity contribution in [3.05, 3.63) is 83.6 Å². The zero-order chi connectivity index (χ0) is 25.5. The van der Waals surface area contributed by atoms with Crippen LogP contribution in [0.5, 0.6) is 11.5 Å². The number of ether oxygens (including phenoxy) is 1. The summed E-state index contributed by atoms with van der Waals surface area (Å²) in [7, 11) is -3.72. The number of rotatable bonds is 5. The molecule has 0 saturated heterocycles. The first-order chi connectivity index (χ1) is 16.4. The van der Waals surface area contributed by atoms with Gasteiger partial charge >= 0.3 is 6.18 Å². The topological polar surface area (TPSA) is 56.3 Å². The molecule has 0 bridgehead atoms. The molecule has 4 rings (SSSR count). The molecule has 0 aliphatic heterocycles. The lowest BCUT2D eigenvalue weighted by atomic mass is 9.97. The van der Waals surface area contributed by atoms with Crippen LogP contribution >= 0.6 is 0 Å². The highest BCUT2D eigenvalue weighted by Gasteiger charge is 2.33. The van der Waals surface area contributed by atoms with Gasteiger partial charge in [-0.1, -0.05) is 19.1 Å². The number of halogens is 5. The summed E-state index contributed by atoms with van der Waals surface area (Å²) in [6, 6.07) is 11.5. The van der Waals surface area contributed by atoms with Gasteiger partial charge in [-0.2, -0.15) is 13.2 Å². The van der Waals surface area contributed by atoms with Crippen molar-refractivity contribution in [1.29, 1.82) is 0 Å². The Bertz CT molecular complexity index is 1550. The highest BCUT2D eigenvalue weighted by Crippen LogP contribution is 2.39. The molecule has 1 aromatic heterocycles. The highest BCUT2D eigenvalue weighted by molar-refractivity contribution is 7.91. The summed E-state index contributed by atoms with van der Waals surface area (Å²) in [6.07, 6.45) is -4.66. The number of aryl methyl sites for hydroxylation is 1. The van der Waals surface area contributed by atoms with Crippen molar-refractivity contribution < 1.29 is 35.1 Å². The summed E-state index contributed by atoms with van der Waals surface area (Å²) in [5.74, 6) is -1.92. The molecule has 0 radical (unpaired) electrons. The quantitative estimate of drug-likeness (QED) is 0.271. The molecule has 1 heterocycles. The summed E-state index contributed by atoms with van der Waals surface area (Å²) in [5, 5.41) is 0.0866. The lowest BCUT2D eigenvalue weighted by Gasteiger charge is -2.15. The highest BCUT2D eigenvalue weighted by atomic mass is 32.2. The van der Waals surface area contributed by atoms with E-state index in [1.807, 2.05) is 0 Å². The molecule has 0 N–H and O–H groups in total. The van der Waals surface area contributed by atoms with Crippen LogP contribution < -0.4 is 4.74 Å². The molecule has 0 spiro atoms. The van der Waals surface area contributed by atoms with Crippen LogP contribution in [0, 0.1) is 18.6 Å². The number of sulfone groups is 1. The first kappa shape index (κ1) is 24.6. The van der Waals surface area contributed by atoms with Crippen LogP contribution in [0.2, 0.25) is 0 Å². The second-order valence-electron chi connectivity index (χ2n) is 7.78. The van der Waals surface area contributed by atoms with Gasteiger partial charge in [0.1, 0.15) is 23.1 Å². The van der Waals surface area contributed by atoms with Gasteiger partial charge in [0.05, 0.1) is 21.7 Å². The smallest absolute Gasteiger partial charge is 0.418 e. The third-order valence-corrected chi connectivity index (χ3v) is 7.03. The molecule has 0 aliphatic carbocycles. The van der Waals surface area contributed by atoms with E-state index in [2.05, 4.69) is 4.98 Å². The molecule has 0 amide bonds. The summed E-state index contributed by atoms with van der Waals surface area (Å²) < 4.78 is 99.4. The number of nitrogens with zero attached hydrogens (tertiary/aromatic N) is 1. The zero-order valence-corrected chi connectivity index (χ0v) is 19.3. The van der Waals surface area contributed by atoms with Gasteiger partial charge in [-0.05, 0) is 55.0 Å². The number of hydrogen-bond acceptors (Lipinski definition) is 4. The Kier molecular flexibility index (Phi) is 6.27. The Balaban J connectivity index is 1.84. The molecule has 182 valence electrons. The molecule has 0 unspecified atom stereocenters. The van der Waals surface area contributed by atoms with Gasteiger partial charge in [-0.25, -0.2) is 17.2 Å². The van der Waals surface area contributed by atoms with Crippen molar-refractivity contribution in [3.8, 4) is 22.6 Å². The van der Waals surface area contributed by atoms with Gasteiger partial charge in [0, 0.05) is 22.7 Å². The molecule has 0 fully saturated rings. The maximum atomic E-state index is 14.9. The van der Waals surface area contributed by atoms with Gasteiger partial charge in [-0.3, -0.25) is 4.98 Å². The Labute approximate surface area is 197 Å². The van der Waals surface area contributed by atoms with E-state index in [9.17, 15) is 30.4 Å². The van der Waals surface area contributed by atoms with Gasteiger partial charge in [0.15, 0.2) is 9.84 Å². The van der Waals surface area contributed by atoms with E-state index < -0.39 is 33.2 Å². The van der Waals surface area contributed by atoms with Gasteiger partial charge in [-0.15, -0.1) is 0 Å². The Hall–Kier alpha value is -3.53. The Morgan fingerprint density at radius 2 is 1.66 bits per heavy atom. The van der Waals surface area contributed by atoms with Crippen LogP contribution in [0.1, 0.15) is 18.2 Å².